The molecule has 14 nitrogen and oxygen atoms in total. The van der Waals surface area contributed by atoms with Crippen LogP contribution in [0.15, 0.2) is 115 Å². The van der Waals surface area contributed by atoms with Gasteiger partial charge in [-0.1, -0.05) is 135 Å². The predicted octanol–water partition coefficient (Wildman–Crippen LogP) is 9.54. The van der Waals surface area contributed by atoms with Gasteiger partial charge in [0.25, 0.3) is 0 Å². The summed E-state index contributed by atoms with van der Waals surface area (Å²) in [5, 5.41) is 13.7. The van der Waals surface area contributed by atoms with Crippen LogP contribution >= 0.6 is 7.60 Å². The van der Waals surface area contributed by atoms with Crippen LogP contribution in [0.3, 0.4) is 0 Å². The van der Waals surface area contributed by atoms with Gasteiger partial charge in [-0.05, 0) is 117 Å². The van der Waals surface area contributed by atoms with Gasteiger partial charge in [0, 0.05) is 18.9 Å². The lowest BCUT2D eigenvalue weighted by Gasteiger charge is -2.38. The van der Waals surface area contributed by atoms with Gasteiger partial charge in [0.05, 0.1) is 23.8 Å². The normalized spacial score (nSPS) is 15.4. The van der Waals surface area contributed by atoms with E-state index >= 15 is 0 Å². The van der Waals surface area contributed by atoms with Crippen LogP contribution < -0.4 is 27.0 Å². The Morgan fingerprint density at radius 3 is 1.90 bits per heavy atom. The fourth-order valence-corrected chi connectivity index (χ4v) is 12.4. The van der Waals surface area contributed by atoms with Gasteiger partial charge in [-0.15, -0.1) is 0 Å². The number of primary amides is 1. The second-order valence-corrected chi connectivity index (χ2v) is 23.0. The first kappa shape index (κ1) is 53.5. The number of carbonyl (C=O) groups is 5. The van der Waals surface area contributed by atoms with Crippen molar-refractivity contribution in [2.24, 2.45) is 5.73 Å². The Balaban J connectivity index is 1.08. The summed E-state index contributed by atoms with van der Waals surface area (Å²) in [6.07, 6.45) is 2.53. The minimum Gasteiger partial charge on any atom is -0.449 e. The van der Waals surface area contributed by atoms with E-state index in [1.54, 1.807) is 24.3 Å². The van der Waals surface area contributed by atoms with E-state index in [9.17, 15) is 28.5 Å². The lowest BCUT2D eigenvalue weighted by atomic mass is 9.80. The topological polar surface area (TPSA) is 204 Å². The summed E-state index contributed by atoms with van der Waals surface area (Å²) in [5.41, 5.74) is 9.32. The number of benzene rings is 5. The molecule has 0 aromatic heterocycles. The third-order valence-corrected chi connectivity index (χ3v) is 15.4. The number of carbonyl (C=O) groups excluding carboxylic acids is 5. The highest BCUT2D eigenvalue weighted by Crippen LogP contribution is 2.57. The number of ether oxygens (including phenoxy) is 1. The molecule has 2 aliphatic rings. The van der Waals surface area contributed by atoms with Gasteiger partial charge < -0.3 is 40.8 Å². The molecule has 1 fully saturated rings. The van der Waals surface area contributed by atoms with Gasteiger partial charge >= 0.3 is 13.7 Å². The maximum atomic E-state index is 14.8. The number of fused-ring (bicyclic) bond motifs is 4. The Kier molecular flexibility index (Phi) is 17.1. The lowest BCUT2D eigenvalue weighted by Crippen LogP contribution is -2.65. The van der Waals surface area contributed by atoms with Crippen molar-refractivity contribution in [1.29, 1.82) is 0 Å². The zero-order valence-corrected chi connectivity index (χ0v) is 43.3. The summed E-state index contributed by atoms with van der Waals surface area (Å²) < 4.78 is 32.1. The molecule has 0 radical (unpaired) electrons. The quantitative estimate of drug-likeness (QED) is 0.0372. The average molecular weight is 1000 g/mol. The fourth-order valence-electron chi connectivity index (χ4n) is 9.87. The molecule has 72 heavy (non-hydrogen) atoms. The molecule has 382 valence electrons. The molecule has 7 rings (SSSR count). The van der Waals surface area contributed by atoms with Crippen molar-refractivity contribution in [3.8, 4) is 11.1 Å². The SMILES string of the molecule is CC(C)(C)OP(=O)(Cc1ccc(C[C@H](NC(=O)OCC2c3ccccc3-c3ccccc32)C(=O)NC2(C(=O)N[C@@H](CC(N)=O)C(=O)NCCCc3cccc4ccccc34)CCCCC2)cc1)OC(C)(C)C. The molecule has 6 N–H and O–H groups in total. The van der Waals surface area contributed by atoms with Crippen molar-refractivity contribution < 1.29 is 42.3 Å². The van der Waals surface area contributed by atoms with E-state index in [1.165, 1.54) is 0 Å². The smallest absolute Gasteiger partial charge is 0.407 e. The summed E-state index contributed by atoms with van der Waals surface area (Å²) in [5.74, 6) is -2.85. The minimum absolute atomic E-state index is 0.00124. The van der Waals surface area contributed by atoms with Crippen molar-refractivity contribution in [1.82, 2.24) is 21.3 Å². The van der Waals surface area contributed by atoms with E-state index in [0.29, 0.717) is 36.8 Å². The van der Waals surface area contributed by atoms with Crippen LogP contribution in [-0.2, 0) is 56.5 Å². The van der Waals surface area contributed by atoms with E-state index in [4.69, 9.17) is 19.5 Å². The Hall–Kier alpha value is -6.34. The third kappa shape index (κ3) is 14.2. The molecule has 5 amide bonds. The number of nitrogens with one attached hydrogen (secondary N) is 4. The second-order valence-electron chi connectivity index (χ2n) is 21.1. The summed E-state index contributed by atoms with van der Waals surface area (Å²) >= 11 is 0. The number of hydrogen-bond donors (Lipinski definition) is 5. The number of rotatable bonds is 20. The number of alkyl carbamates (subject to hydrolysis) is 1. The zero-order valence-electron chi connectivity index (χ0n) is 42.4. The maximum absolute atomic E-state index is 14.8. The Morgan fingerprint density at radius 1 is 0.694 bits per heavy atom. The molecule has 2 aliphatic carbocycles. The molecule has 0 aliphatic heterocycles. The van der Waals surface area contributed by atoms with Crippen molar-refractivity contribution >= 4 is 48.1 Å². The van der Waals surface area contributed by atoms with E-state index in [0.717, 1.165) is 45.0 Å². The molecule has 1 saturated carbocycles. The van der Waals surface area contributed by atoms with Crippen molar-refractivity contribution in [2.75, 3.05) is 13.2 Å². The summed E-state index contributed by atoms with van der Waals surface area (Å²) in [7, 11) is -3.63. The van der Waals surface area contributed by atoms with Crippen LogP contribution in [0.5, 0.6) is 0 Å². The number of nitrogens with two attached hydrogens (primary N) is 1. The monoisotopic (exact) mass is 999 g/mol. The van der Waals surface area contributed by atoms with Gasteiger partial charge in [0.15, 0.2) is 0 Å². The average Bonchev–Trinajstić information content (AvgIpc) is 3.64. The molecular weight excluding hydrogens is 930 g/mol. The number of amides is 5. The van der Waals surface area contributed by atoms with E-state index < -0.39 is 72.6 Å². The number of hydrogen-bond acceptors (Lipinski definition) is 9. The molecule has 0 bridgehead atoms. The van der Waals surface area contributed by atoms with Crippen molar-refractivity contribution in [3.05, 3.63) is 143 Å². The molecule has 5 aromatic carbocycles. The molecule has 0 saturated heterocycles. The van der Waals surface area contributed by atoms with Crippen LogP contribution in [0.1, 0.15) is 120 Å². The number of aryl methyl sites for hydroxylation is 1. The summed E-state index contributed by atoms with van der Waals surface area (Å²) in [6.45, 7) is 11.2. The summed E-state index contributed by atoms with van der Waals surface area (Å²) in [6, 6.07) is 34.8. The maximum Gasteiger partial charge on any atom is 0.407 e. The fraction of sp³-hybridized carbons (Fsp3) is 0.421. The first-order valence-corrected chi connectivity index (χ1v) is 26.8. The molecule has 15 heteroatoms. The first-order chi connectivity index (χ1) is 34.2. The third-order valence-electron chi connectivity index (χ3n) is 13.0. The first-order valence-electron chi connectivity index (χ1n) is 25.1. The van der Waals surface area contributed by atoms with Crippen LogP contribution in [0.4, 0.5) is 4.79 Å². The highest BCUT2D eigenvalue weighted by atomic mass is 31.2. The second kappa shape index (κ2) is 23.0. The van der Waals surface area contributed by atoms with E-state index in [-0.39, 0.29) is 44.5 Å². The van der Waals surface area contributed by atoms with Gasteiger partial charge in [-0.3, -0.25) is 23.7 Å². The van der Waals surface area contributed by atoms with E-state index in [1.807, 2.05) is 108 Å². The molecule has 5 aromatic rings. The van der Waals surface area contributed by atoms with Gasteiger partial charge in [-0.2, -0.15) is 0 Å². The highest BCUT2D eigenvalue weighted by molar-refractivity contribution is 7.53. The molecule has 0 spiro atoms. The van der Waals surface area contributed by atoms with E-state index in [2.05, 4.69) is 45.5 Å². The Labute approximate surface area is 423 Å². The van der Waals surface area contributed by atoms with Crippen molar-refractivity contribution in [3.63, 3.8) is 0 Å². The van der Waals surface area contributed by atoms with Crippen molar-refractivity contribution in [2.45, 2.75) is 140 Å². The molecular formula is C57H70N5O9P. The van der Waals surface area contributed by atoms with Crippen LogP contribution in [0, 0.1) is 0 Å². The predicted molar refractivity (Wildman–Crippen MR) is 280 cm³/mol. The van der Waals surface area contributed by atoms with Crippen LogP contribution in [-0.4, -0.2) is 71.7 Å². The van der Waals surface area contributed by atoms with Gasteiger partial charge in [0.2, 0.25) is 23.6 Å². The minimum atomic E-state index is -3.63. The standard InChI is InChI=1S/C57H70N5O9P/c1-55(2,3)70-72(68,71-56(4,5)6)37-39-29-27-38(28-30-39)34-48(61-54(67)69-36-47-45-25-12-10-23-43(45)44-24-11-13-26-46(44)47)52(65)62-57(31-14-7-15-32-57)53(66)60-49(35-50(58)63)51(64)59-33-17-21-41-20-16-19-40-18-8-9-22-42(40)41/h8-13,16,18-20,22-30,47-49H,7,14-15,17,21,31-37H2,1-6H3,(H2,58,63)(H,59,64)(H,60,66)(H,61,67)(H,62,65)/t48-,49-/m0/s1. The molecule has 2 atom stereocenters. The highest BCUT2D eigenvalue weighted by Gasteiger charge is 2.44. The Bertz CT molecular complexity index is 2720. The van der Waals surface area contributed by atoms with Crippen LogP contribution in [0.25, 0.3) is 21.9 Å². The summed E-state index contributed by atoms with van der Waals surface area (Å²) in [4.78, 5) is 69.2. The van der Waals surface area contributed by atoms with Gasteiger partial charge in [0.1, 0.15) is 24.2 Å². The zero-order chi connectivity index (χ0) is 51.7. The largest absolute Gasteiger partial charge is 0.449 e. The molecule has 0 heterocycles. The molecule has 0 unspecified atom stereocenters. The Morgan fingerprint density at radius 2 is 1.28 bits per heavy atom. The lowest BCUT2D eigenvalue weighted by molar-refractivity contribution is -0.138. The van der Waals surface area contributed by atoms with Crippen LogP contribution in [0.2, 0.25) is 0 Å². The van der Waals surface area contributed by atoms with Gasteiger partial charge in [-0.25, -0.2) is 4.79 Å².